The van der Waals surface area contributed by atoms with Crippen LogP contribution in [0.2, 0.25) is 0 Å². The molecule has 0 aliphatic carbocycles. The topological polar surface area (TPSA) is 109 Å². The van der Waals surface area contributed by atoms with Crippen LogP contribution in [-0.4, -0.2) is 34.3 Å². The summed E-state index contributed by atoms with van der Waals surface area (Å²) in [6, 6.07) is 7.71. The number of thioether (sulfide) groups is 1. The number of aryl methyl sites for hydroxylation is 3. The van der Waals surface area contributed by atoms with E-state index in [0.29, 0.717) is 16.0 Å². The fourth-order valence-electron chi connectivity index (χ4n) is 2.83. The predicted molar refractivity (Wildman–Crippen MR) is 119 cm³/mol. The predicted octanol–water partition coefficient (Wildman–Crippen LogP) is 3.52. The van der Waals surface area contributed by atoms with Gasteiger partial charge in [-0.15, -0.1) is 10.2 Å². The maximum atomic E-state index is 12.2. The molecule has 2 aromatic heterocycles. The first-order valence-electron chi connectivity index (χ1n) is 9.27. The molecule has 3 aromatic rings. The van der Waals surface area contributed by atoms with Crippen LogP contribution < -0.4 is 16.0 Å². The highest BCUT2D eigenvalue weighted by Gasteiger charge is 2.12. The SMILES string of the molecule is Cc1cc(C)c(NC(=O)CNC(=O)CSc2nnc(NCc3ccco3)s2)c(C)c1. The molecular weight excluding hydrogens is 422 g/mol. The van der Waals surface area contributed by atoms with Gasteiger partial charge >= 0.3 is 0 Å². The Hall–Kier alpha value is -2.85. The van der Waals surface area contributed by atoms with Gasteiger partial charge in [-0.2, -0.15) is 0 Å². The quantitative estimate of drug-likeness (QED) is 0.432. The molecule has 0 bridgehead atoms. The lowest BCUT2D eigenvalue weighted by atomic mass is 10.1. The number of aromatic nitrogens is 2. The molecule has 1 aromatic carbocycles. The van der Waals surface area contributed by atoms with Crippen LogP contribution in [0, 0.1) is 20.8 Å². The van der Waals surface area contributed by atoms with E-state index >= 15 is 0 Å². The number of hydrogen-bond acceptors (Lipinski definition) is 8. The lowest BCUT2D eigenvalue weighted by molar-refractivity contribution is -0.122. The summed E-state index contributed by atoms with van der Waals surface area (Å²) in [6.07, 6.45) is 1.61. The number of rotatable bonds is 9. The number of hydrogen-bond donors (Lipinski definition) is 3. The molecule has 0 aliphatic rings. The number of carbonyl (C=O) groups excluding carboxylic acids is 2. The zero-order valence-electron chi connectivity index (χ0n) is 16.9. The van der Waals surface area contributed by atoms with Crippen molar-refractivity contribution < 1.29 is 14.0 Å². The number of furan rings is 1. The molecule has 0 saturated carbocycles. The highest BCUT2D eigenvalue weighted by molar-refractivity contribution is 8.01. The van der Waals surface area contributed by atoms with E-state index in [1.807, 2.05) is 45.0 Å². The number of nitrogens with zero attached hydrogens (tertiary/aromatic N) is 2. The van der Waals surface area contributed by atoms with Gasteiger partial charge in [0.05, 0.1) is 25.1 Å². The standard InChI is InChI=1S/C20H23N5O3S2/c1-12-7-13(2)18(14(3)8-12)23-16(26)10-21-17(27)11-29-20-25-24-19(30-20)22-9-15-5-4-6-28-15/h4-8H,9-11H2,1-3H3,(H,21,27)(H,22,24)(H,23,26). The van der Waals surface area contributed by atoms with Crippen molar-refractivity contribution in [3.63, 3.8) is 0 Å². The Balaban J connectivity index is 1.39. The molecule has 3 rings (SSSR count). The van der Waals surface area contributed by atoms with E-state index < -0.39 is 0 Å². The molecule has 0 saturated heterocycles. The number of carbonyl (C=O) groups is 2. The second-order valence-corrected chi connectivity index (χ2v) is 8.89. The van der Waals surface area contributed by atoms with E-state index in [-0.39, 0.29) is 24.1 Å². The third-order valence-electron chi connectivity index (χ3n) is 4.11. The number of benzene rings is 1. The second kappa shape index (κ2) is 10.3. The molecule has 10 heteroatoms. The molecule has 3 N–H and O–H groups in total. The molecule has 0 atom stereocenters. The smallest absolute Gasteiger partial charge is 0.243 e. The summed E-state index contributed by atoms with van der Waals surface area (Å²) in [5, 5.41) is 17.3. The molecule has 2 heterocycles. The minimum absolute atomic E-state index is 0.0851. The average molecular weight is 446 g/mol. The van der Waals surface area contributed by atoms with Crippen molar-refractivity contribution in [1.82, 2.24) is 15.5 Å². The summed E-state index contributed by atoms with van der Waals surface area (Å²) in [5.41, 5.74) is 3.92. The van der Waals surface area contributed by atoms with Gasteiger partial charge in [-0.25, -0.2) is 0 Å². The van der Waals surface area contributed by atoms with Crippen molar-refractivity contribution in [2.24, 2.45) is 0 Å². The van der Waals surface area contributed by atoms with E-state index in [2.05, 4.69) is 26.1 Å². The van der Waals surface area contributed by atoms with Crippen LogP contribution in [0.25, 0.3) is 0 Å². The van der Waals surface area contributed by atoms with E-state index in [1.54, 1.807) is 6.26 Å². The highest BCUT2D eigenvalue weighted by Crippen LogP contribution is 2.25. The van der Waals surface area contributed by atoms with E-state index in [1.165, 1.54) is 23.1 Å². The molecule has 158 valence electrons. The Morgan fingerprint density at radius 1 is 1.13 bits per heavy atom. The van der Waals surface area contributed by atoms with Gasteiger partial charge in [0.2, 0.25) is 16.9 Å². The molecule has 30 heavy (non-hydrogen) atoms. The molecule has 0 spiro atoms. The van der Waals surface area contributed by atoms with Gasteiger partial charge in [0, 0.05) is 5.69 Å². The lowest BCUT2D eigenvalue weighted by Gasteiger charge is -2.13. The van der Waals surface area contributed by atoms with Gasteiger partial charge in [0.15, 0.2) is 4.34 Å². The van der Waals surface area contributed by atoms with E-state index in [4.69, 9.17) is 4.42 Å². The molecular formula is C20H23N5O3S2. The zero-order chi connectivity index (χ0) is 21.5. The van der Waals surface area contributed by atoms with Gasteiger partial charge in [-0.3, -0.25) is 9.59 Å². The summed E-state index contributed by atoms with van der Waals surface area (Å²) in [4.78, 5) is 24.2. The largest absolute Gasteiger partial charge is 0.467 e. The average Bonchev–Trinajstić information content (AvgIpc) is 3.37. The summed E-state index contributed by atoms with van der Waals surface area (Å²) in [6.45, 7) is 6.34. The Morgan fingerprint density at radius 3 is 2.60 bits per heavy atom. The minimum atomic E-state index is -0.260. The zero-order valence-corrected chi connectivity index (χ0v) is 18.6. The lowest BCUT2D eigenvalue weighted by Crippen LogP contribution is -2.34. The van der Waals surface area contributed by atoms with Crippen LogP contribution in [0.5, 0.6) is 0 Å². The minimum Gasteiger partial charge on any atom is -0.467 e. The molecule has 0 unspecified atom stereocenters. The summed E-state index contributed by atoms with van der Waals surface area (Å²) in [5.74, 6) is 0.451. The van der Waals surface area contributed by atoms with Crippen molar-refractivity contribution in [1.29, 1.82) is 0 Å². The maximum Gasteiger partial charge on any atom is 0.243 e. The normalized spacial score (nSPS) is 10.6. The van der Waals surface area contributed by atoms with Gasteiger partial charge < -0.3 is 20.4 Å². The van der Waals surface area contributed by atoms with Crippen LogP contribution in [0.15, 0.2) is 39.3 Å². The van der Waals surface area contributed by atoms with Crippen LogP contribution in [-0.2, 0) is 16.1 Å². The van der Waals surface area contributed by atoms with E-state index in [0.717, 1.165) is 28.1 Å². The van der Waals surface area contributed by atoms with Gasteiger partial charge in [-0.05, 0) is 44.0 Å². The number of nitrogens with one attached hydrogen (secondary N) is 3. The molecule has 8 nitrogen and oxygen atoms in total. The van der Waals surface area contributed by atoms with Crippen LogP contribution in [0.3, 0.4) is 0 Å². The molecule has 0 radical (unpaired) electrons. The van der Waals surface area contributed by atoms with Crippen molar-refractivity contribution in [3.8, 4) is 0 Å². The second-order valence-electron chi connectivity index (χ2n) is 6.69. The van der Waals surface area contributed by atoms with E-state index in [9.17, 15) is 9.59 Å². The third kappa shape index (κ3) is 6.33. The summed E-state index contributed by atoms with van der Waals surface area (Å²) in [7, 11) is 0. The van der Waals surface area contributed by atoms with Crippen molar-refractivity contribution in [3.05, 3.63) is 53.0 Å². The van der Waals surface area contributed by atoms with Gasteiger partial charge in [0.1, 0.15) is 5.76 Å². The monoisotopic (exact) mass is 445 g/mol. The summed E-state index contributed by atoms with van der Waals surface area (Å²) < 4.78 is 5.91. The number of anilines is 2. The Labute approximate surface area is 182 Å². The van der Waals surface area contributed by atoms with Gasteiger partial charge in [0.25, 0.3) is 0 Å². The Bertz CT molecular complexity index is 994. The Morgan fingerprint density at radius 2 is 1.90 bits per heavy atom. The molecule has 0 fully saturated rings. The third-order valence-corrected chi connectivity index (χ3v) is 6.13. The highest BCUT2D eigenvalue weighted by atomic mass is 32.2. The van der Waals surface area contributed by atoms with Crippen LogP contribution in [0.1, 0.15) is 22.5 Å². The van der Waals surface area contributed by atoms with Crippen molar-refractivity contribution in [2.75, 3.05) is 22.9 Å². The first-order valence-corrected chi connectivity index (χ1v) is 11.1. The number of amides is 2. The van der Waals surface area contributed by atoms with Crippen molar-refractivity contribution in [2.45, 2.75) is 31.7 Å². The fourth-order valence-corrected chi connectivity index (χ4v) is 4.41. The first-order chi connectivity index (χ1) is 14.4. The van der Waals surface area contributed by atoms with Crippen LogP contribution >= 0.6 is 23.1 Å². The first kappa shape index (κ1) is 21.8. The maximum absolute atomic E-state index is 12.2. The fraction of sp³-hybridized carbons (Fsp3) is 0.300. The Kier molecular flexibility index (Phi) is 7.47. The van der Waals surface area contributed by atoms with Crippen LogP contribution in [0.4, 0.5) is 10.8 Å². The molecule has 0 aliphatic heterocycles. The van der Waals surface area contributed by atoms with Gasteiger partial charge in [-0.1, -0.05) is 40.8 Å². The van der Waals surface area contributed by atoms with Crippen molar-refractivity contribution >= 4 is 45.7 Å². The molecule has 2 amide bonds. The summed E-state index contributed by atoms with van der Waals surface area (Å²) >= 11 is 2.63.